The predicted octanol–water partition coefficient (Wildman–Crippen LogP) is 6.16. The summed E-state index contributed by atoms with van der Waals surface area (Å²) in [7, 11) is 0. The fourth-order valence-corrected chi connectivity index (χ4v) is 4.54. The van der Waals surface area contributed by atoms with Crippen LogP contribution in [0.15, 0.2) is 66.7 Å². The molecule has 0 saturated carbocycles. The number of nitro benzene ring substituents is 2. The summed E-state index contributed by atoms with van der Waals surface area (Å²) in [4.78, 5) is 39.0. The Bertz CT molecular complexity index is 1410. The first kappa shape index (κ1) is 22.7. The van der Waals surface area contributed by atoms with Crippen LogP contribution in [0, 0.1) is 34.1 Å². The molecule has 0 aliphatic carbocycles. The number of nitrogens with zero attached hydrogens (tertiary/aromatic N) is 3. The third-order valence-electron chi connectivity index (χ3n) is 5.17. The van der Waals surface area contributed by atoms with Crippen LogP contribution in [0.1, 0.15) is 21.5 Å². The summed E-state index contributed by atoms with van der Waals surface area (Å²) in [6.45, 7) is 3.98. The number of nitrogens with one attached hydrogen (secondary N) is 1. The predicted molar refractivity (Wildman–Crippen MR) is 130 cm³/mol. The van der Waals surface area contributed by atoms with Crippen LogP contribution >= 0.6 is 11.3 Å². The van der Waals surface area contributed by atoms with Crippen LogP contribution in [0.2, 0.25) is 0 Å². The van der Waals surface area contributed by atoms with Crippen LogP contribution in [-0.2, 0) is 0 Å². The smallest absolute Gasteiger partial charge is 0.269 e. The maximum absolute atomic E-state index is 12.7. The molecule has 1 amide bonds. The van der Waals surface area contributed by atoms with Crippen LogP contribution in [0.4, 0.5) is 16.5 Å². The summed E-state index contributed by atoms with van der Waals surface area (Å²) in [6, 6.07) is 17.4. The molecule has 1 aromatic heterocycles. The molecule has 10 heteroatoms. The number of anilines is 1. The molecule has 1 N–H and O–H groups in total. The van der Waals surface area contributed by atoms with E-state index < -0.39 is 15.8 Å². The van der Waals surface area contributed by atoms with Crippen LogP contribution in [0.25, 0.3) is 21.7 Å². The molecule has 0 saturated heterocycles. The van der Waals surface area contributed by atoms with Crippen molar-refractivity contribution in [1.29, 1.82) is 0 Å². The van der Waals surface area contributed by atoms with Crippen molar-refractivity contribution in [3.8, 4) is 21.7 Å². The lowest BCUT2D eigenvalue weighted by Gasteiger charge is -2.07. The number of carbonyl (C=O) groups is 1. The van der Waals surface area contributed by atoms with Gasteiger partial charge in [-0.1, -0.05) is 35.1 Å². The van der Waals surface area contributed by atoms with Crippen LogP contribution in [-0.4, -0.2) is 20.7 Å². The van der Waals surface area contributed by atoms with Gasteiger partial charge in [-0.05, 0) is 49.2 Å². The highest BCUT2D eigenvalue weighted by atomic mass is 32.1. The number of hydrogen-bond acceptors (Lipinski definition) is 7. The zero-order valence-electron chi connectivity index (χ0n) is 18.1. The maximum atomic E-state index is 12.7. The molecule has 170 valence electrons. The second kappa shape index (κ2) is 9.20. The van der Waals surface area contributed by atoms with Gasteiger partial charge in [-0.25, -0.2) is 4.98 Å². The monoisotopic (exact) mass is 474 g/mol. The second-order valence-corrected chi connectivity index (χ2v) is 8.58. The average Bonchev–Trinajstić information content (AvgIpc) is 3.22. The van der Waals surface area contributed by atoms with Crippen molar-refractivity contribution in [2.75, 3.05) is 5.32 Å². The Kier molecular flexibility index (Phi) is 6.15. The fraction of sp³-hybridized carbons (Fsp3) is 0.0833. The SMILES string of the molecule is Cc1ccc(-c2sc(NC(=O)c3ccc([N+](=O)[O-])cc3)nc2-c2ccc([N+](=O)[O-])cc2)c(C)c1. The number of carbonyl (C=O) groups excluding carboxylic acids is 1. The van der Waals surface area contributed by atoms with E-state index in [0.717, 1.165) is 21.6 Å². The van der Waals surface area contributed by atoms with Crippen molar-refractivity contribution in [3.63, 3.8) is 0 Å². The summed E-state index contributed by atoms with van der Waals surface area (Å²) in [5.74, 6) is -0.453. The number of hydrogen-bond donors (Lipinski definition) is 1. The molecule has 0 bridgehead atoms. The number of aromatic nitrogens is 1. The number of benzene rings is 3. The first-order valence-electron chi connectivity index (χ1n) is 10.1. The van der Waals surface area contributed by atoms with Gasteiger partial charge in [0.05, 0.1) is 20.4 Å². The Labute approximate surface area is 198 Å². The fourth-order valence-electron chi connectivity index (χ4n) is 3.46. The van der Waals surface area contributed by atoms with Gasteiger partial charge in [-0.2, -0.15) is 0 Å². The largest absolute Gasteiger partial charge is 0.298 e. The third kappa shape index (κ3) is 4.66. The van der Waals surface area contributed by atoms with Gasteiger partial charge in [-0.15, -0.1) is 0 Å². The Balaban J connectivity index is 1.73. The van der Waals surface area contributed by atoms with Gasteiger partial charge in [-0.3, -0.25) is 30.3 Å². The van der Waals surface area contributed by atoms with Gasteiger partial charge >= 0.3 is 0 Å². The summed E-state index contributed by atoms with van der Waals surface area (Å²) in [5, 5.41) is 25.0. The average molecular weight is 474 g/mol. The van der Waals surface area contributed by atoms with E-state index in [1.165, 1.54) is 47.7 Å². The Hall–Kier alpha value is -4.44. The summed E-state index contributed by atoms with van der Waals surface area (Å²) in [6.07, 6.45) is 0. The first-order chi connectivity index (χ1) is 16.2. The molecule has 4 aromatic rings. The van der Waals surface area contributed by atoms with E-state index in [2.05, 4.69) is 10.3 Å². The van der Waals surface area contributed by atoms with Crippen LogP contribution in [0.3, 0.4) is 0 Å². The van der Waals surface area contributed by atoms with Gasteiger partial charge < -0.3 is 0 Å². The number of aryl methyl sites for hydroxylation is 2. The molecule has 3 aromatic carbocycles. The van der Waals surface area contributed by atoms with Gasteiger partial charge in [0.25, 0.3) is 17.3 Å². The van der Waals surface area contributed by atoms with Crippen molar-refractivity contribution in [1.82, 2.24) is 4.98 Å². The second-order valence-electron chi connectivity index (χ2n) is 7.58. The van der Waals surface area contributed by atoms with Crippen molar-refractivity contribution in [2.24, 2.45) is 0 Å². The van der Waals surface area contributed by atoms with E-state index in [4.69, 9.17) is 0 Å². The minimum absolute atomic E-state index is 0.0289. The summed E-state index contributed by atoms with van der Waals surface area (Å²) in [5.41, 5.74) is 4.45. The van der Waals surface area contributed by atoms with Crippen molar-refractivity contribution >= 4 is 33.8 Å². The van der Waals surface area contributed by atoms with E-state index in [9.17, 15) is 25.0 Å². The van der Waals surface area contributed by atoms with Crippen molar-refractivity contribution < 1.29 is 14.6 Å². The van der Waals surface area contributed by atoms with E-state index in [1.54, 1.807) is 12.1 Å². The molecule has 0 atom stereocenters. The van der Waals surface area contributed by atoms with Crippen molar-refractivity contribution in [3.05, 3.63) is 104 Å². The zero-order chi connectivity index (χ0) is 24.4. The molecule has 0 unspecified atom stereocenters. The van der Waals surface area contributed by atoms with Crippen LogP contribution < -0.4 is 5.32 Å². The quantitative estimate of drug-likeness (QED) is 0.263. The summed E-state index contributed by atoms with van der Waals surface area (Å²) < 4.78 is 0. The zero-order valence-corrected chi connectivity index (χ0v) is 19.0. The Morgan fingerprint density at radius 2 is 1.47 bits per heavy atom. The van der Waals surface area contributed by atoms with E-state index in [1.807, 2.05) is 32.0 Å². The van der Waals surface area contributed by atoms with Crippen molar-refractivity contribution in [2.45, 2.75) is 13.8 Å². The minimum atomic E-state index is -0.533. The topological polar surface area (TPSA) is 128 Å². The number of non-ortho nitro benzene ring substituents is 2. The minimum Gasteiger partial charge on any atom is -0.298 e. The molecule has 0 aliphatic rings. The lowest BCUT2D eigenvalue weighted by molar-refractivity contribution is -0.385. The molecular weight excluding hydrogens is 456 g/mol. The molecule has 34 heavy (non-hydrogen) atoms. The number of thiazole rings is 1. The van der Waals surface area contributed by atoms with Gasteiger partial charge in [0.15, 0.2) is 5.13 Å². The van der Waals surface area contributed by atoms with Crippen LogP contribution in [0.5, 0.6) is 0 Å². The molecule has 0 radical (unpaired) electrons. The standard InChI is InChI=1S/C24H18N4O5S/c1-14-3-12-20(15(2)13-14)22-21(16-4-8-18(9-5-16)27(30)31)25-24(34-22)26-23(29)17-6-10-19(11-7-17)28(32)33/h3-13H,1-2H3,(H,25,26,29). The highest BCUT2D eigenvalue weighted by Gasteiger charge is 2.19. The molecule has 0 aliphatic heterocycles. The lowest BCUT2D eigenvalue weighted by atomic mass is 10.0. The molecule has 4 rings (SSSR count). The van der Waals surface area contributed by atoms with Gasteiger partial charge in [0.1, 0.15) is 0 Å². The number of amides is 1. The van der Waals surface area contributed by atoms with E-state index in [-0.39, 0.29) is 16.9 Å². The highest BCUT2D eigenvalue weighted by Crippen LogP contribution is 2.41. The first-order valence-corrected chi connectivity index (χ1v) is 10.9. The van der Waals surface area contributed by atoms with Gasteiger partial charge in [0.2, 0.25) is 0 Å². The van der Waals surface area contributed by atoms with E-state index >= 15 is 0 Å². The Morgan fingerprint density at radius 3 is 2.03 bits per heavy atom. The molecular formula is C24H18N4O5S. The number of rotatable bonds is 6. The van der Waals surface area contributed by atoms with E-state index in [0.29, 0.717) is 16.4 Å². The summed E-state index contributed by atoms with van der Waals surface area (Å²) >= 11 is 1.28. The maximum Gasteiger partial charge on any atom is 0.269 e. The Morgan fingerprint density at radius 1 is 0.882 bits per heavy atom. The van der Waals surface area contributed by atoms with Gasteiger partial charge in [0, 0.05) is 35.4 Å². The third-order valence-corrected chi connectivity index (χ3v) is 6.17. The highest BCUT2D eigenvalue weighted by molar-refractivity contribution is 7.19. The molecule has 9 nitrogen and oxygen atoms in total. The number of nitro groups is 2. The molecule has 0 fully saturated rings. The lowest BCUT2D eigenvalue weighted by Crippen LogP contribution is -2.11. The molecule has 0 spiro atoms. The normalized spacial score (nSPS) is 10.6. The molecule has 1 heterocycles.